The third-order valence-electron chi connectivity index (χ3n) is 6.00. The quantitative estimate of drug-likeness (QED) is 0.552. The molecule has 1 aromatic heterocycles. The summed E-state index contributed by atoms with van der Waals surface area (Å²) >= 11 is 0. The van der Waals surface area contributed by atoms with Crippen LogP contribution in [0.25, 0.3) is 11.0 Å². The van der Waals surface area contributed by atoms with E-state index >= 15 is 0 Å². The fourth-order valence-electron chi connectivity index (χ4n) is 4.23. The van der Waals surface area contributed by atoms with Crippen molar-refractivity contribution in [1.29, 1.82) is 0 Å². The van der Waals surface area contributed by atoms with Gasteiger partial charge in [-0.2, -0.15) is 0 Å². The lowest BCUT2D eigenvalue weighted by Gasteiger charge is -2.41. The Hall–Kier alpha value is -3.16. The molecule has 2 atom stereocenters. The molecule has 1 saturated heterocycles. The molecule has 0 spiro atoms. The van der Waals surface area contributed by atoms with Gasteiger partial charge in [-0.15, -0.1) is 0 Å². The van der Waals surface area contributed by atoms with Gasteiger partial charge in [-0.25, -0.2) is 4.79 Å². The number of benzene rings is 2. The van der Waals surface area contributed by atoms with Crippen LogP contribution < -0.4 is 15.7 Å². The van der Waals surface area contributed by atoms with E-state index in [9.17, 15) is 9.59 Å². The highest BCUT2D eigenvalue weighted by Crippen LogP contribution is 2.34. The van der Waals surface area contributed by atoms with E-state index in [-0.39, 0.29) is 24.1 Å². The van der Waals surface area contributed by atoms with E-state index in [1.165, 1.54) is 0 Å². The minimum absolute atomic E-state index is 0.00333. The molecule has 4 rings (SSSR count). The van der Waals surface area contributed by atoms with Crippen molar-refractivity contribution in [2.45, 2.75) is 58.0 Å². The van der Waals surface area contributed by atoms with Gasteiger partial charge >= 0.3 is 5.63 Å². The van der Waals surface area contributed by atoms with Gasteiger partial charge in [-0.05, 0) is 51.0 Å². The number of nitrogens with one attached hydrogen (secondary N) is 1. The highest BCUT2D eigenvalue weighted by atomic mass is 16.7. The first kappa shape index (κ1) is 23.0. The van der Waals surface area contributed by atoms with Crippen molar-refractivity contribution in [1.82, 2.24) is 0 Å². The fraction of sp³-hybridized carbons (Fsp3) is 0.385. The lowest BCUT2D eigenvalue weighted by Crippen LogP contribution is -2.49. The summed E-state index contributed by atoms with van der Waals surface area (Å²) in [5.41, 5.74) is 1.01. The molecule has 0 radical (unpaired) electrons. The predicted molar refractivity (Wildman–Crippen MR) is 126 cm³/mol. The molecule has 1 amide bonds. The third-order valence-corrected chi connectivity index (χ3v) is 6.00. The molecule has 2 unspecified atom stereocenters. The van der Waals surface area contributed by atoms with Crippen molar-refractivity contribution in [3.8, 4) is 5.75 Å². The van der Waals surface area contributed by atoms with Gasteiger partial charge in [0.25, 0.3) is 0 Å². The summed E-state index contributed by atoms with van der Waals surface area (Å²) in [6.45, 7) is 5.80. The predicted octanol–water partition coefficient (Wildman–Crippen LogP) is 4.59. The molecule has 7 nitrogen and oxygen atoms in total. The normalized spacial score (nSPS) is 19.9. The minimum atomic E-state index is -0.609. The van der Waals surface area contributed by atoms with Gasteiger partial charge in [-0.1, -0.05) is 30.3 Å². The Labute approximate surface area is 192 Å². The number of ether oxygens (including phenoxy) is 3. The number of aryl methyl sites for hydroxylation is 1. The minimum Gasteiger partial charge on any atom is -0.465 e. The third kappa shape index (κ3) is 5.10. The number of rotatable bonds is 6. The van der Waals surface area contributed by atoms with E-state index in [1.54, 1.807) is 19.2 Å². The number of hydrogen-bond acceptors (Lipinski definition) is 6. The van der Waals surface area contributed by atoms with Gasteiger partial charge in [0.05, 0.1) is 18.1 Å². The van der Waals surface area contributed by atoms with Crippen LogP contribution in [-0.4, -0.2) is 31.0 Å². The molecule has 2 aromatic carbocycles. The van der Waals surface area contributed by atoms with Crippen molar-refractivity contribution in [3.63, 3.8) is 0 Å². The smallest absolute Gasteiger partial charge is 0.360 e. The Kier molecular flexibility index (Phi) is 6.54. The molecule has 1 fully saturated rings. The van der Waals surface area contributed by atoms with Crippen LogP contribution in [0.1, 0.15) is 37.8 Å². The first-order chi connectivity index (χ1) is 15.8. The average Bonchev–Trinajstić information content (AvgIpc) is 2.77. The zero-order valence-corrected chi connectivity index (χ0v) is 19.3. The highest BCUT2D eigenvalue weighted by Gasteiger charge is 2.39. The first-order valence-corrected chi connectivity index (χ1v) is 11.1. The topological polar surface area (TPSA) is 87.0 Å². The van der Waals surface area contributed by atoms with E-state index < -0.39 is 17.5 Å². The van der Waals surface area contributed by atoms with Gasteiger partial charge in [0.1, 0.15) is 17.0 Å². The van der Waals surface area contributed by atoms with Crippen LogP contribution >= 0.6 is 0 Å². The number of amides is 1. The van der Waals surface area contributed by atoms with Gasteiger partial charge in [0.15, 0.2) is 0 Å². The molecule has 7 heteroatoms. The lowest BCUT2D eigenvalue weighted by atomic mass is 9.94. The van der Waals surface area contributed by atoms with E-state index in [2.05, 4.69) is 5.32 Å². The molecule has 33 heavy (non-hydrogen) atoms. The molecule has 0 aliphatic carbocycles. The second-order valence-electron chi connectivity index (χ2n) is 8.84. The Morgan fingerprint density at radius 1 is 1.15 bits per heavy atom. The Morgan fingerprint density at radius 2 is 1.91 bits per heavy atom. The Morgan fingerprint density at radius 3 is 2.61 bits per heavy atom. The standard InChI is InChI=1S/C26H29NO6/c1-16-20(31-23-13-12-21(30-4)26(2,3)33-23)11-10-18-15-19(25(29)32-24(16)18)27-22(28)14-17-8-6-5-7-9-17/h5-11,15,21,23H,12-14H2,1-4H3,(H,27,28). The molecule has 2 heterocycles. The van der Waals surface area contributed by atoms with Crippen molar-refractivity contribution >= 4 is 22.6 Å². The fourth-order valence-corrected chi connectivity index (χ4v) is 4.23. The van der Waals surface area contributed by atoms with Crippen molar-refractivity contribution in [2.75, 3.05) is 12.4 Å². The Balaban J connectivity index is 1.51. The zero-order chi connectivity index (χ0) is 23.6. The lowest BCUT2D eigenvalue weighted by molar-refractivity contribution is -0.233. The summed E-state index contributed by atoms with van der Waals surface area (Å²) in [5.74, 6) is 0.305. The van der Waals surface area contributed by atoms with Gasteiger partial charge in [0.2, 0.25) is 12.2 Å². The molecule has 1 aliphatic heterocycles. The summed E-state index contributed by atoms with van der Waals surface area (Å²) in [4.78, 5) is 24.9. The van der Waals surface area contributed by atoms with Crippen LogP contribution in [0.4, 0.5) is 5.69 Å². The van der Waals surface area contributed by atoms with Crippen LogP contribution in [0.5, 0.6) is 5.75 Å². The van der Waals surface area contributed by atoms with Gasteiger partial charge < -0.3 is 23.9 Å². The average molecular weight is 452 g/mol. The maximum absolute atomic E-state index is 12.6. The molecule has 1 N–H and O–H groups in total. The molecule has 0 bridgehead atoms. The molecule has 174 valence electrons. The van der Waals surface area contributed by atoms with Crippen LogP contribution in [0, 0.1) is 6.92 Å². The monoisotopic (exact) mass is 451 g/mol. The van der Waals surface area contributed by atoms with Crippen molar-refractivity contribution in [3.05, 3.63) is 70.1 Å². The number of carbonyl (C=O) groups excluding carboxylic acids is 1. The number of methoxy groups -OCH3 is 1. The maximum Gasteiger partial charge on any atom is 0.360 e. The van der Waals surface area contributed by atoms with Crippen LogP contribution in [0.3, 0.4) is 0 Å². The van der Waals surface area contributed by atoms with E-state index in [4.69, 9.17) is 18.6 Å². The second-order valence-corrected chi connectivity index (χ2v) is 8.84. The van der Waals surface area contributed by atoms with Crippen LogP contribution in [-0.2, 0) is 20.7 Å². The number of carbonyl (C=O) groups is 1. The van der Waals surface area contributed by atoms with E-state index in [1.807, 2.05) is 57.2 Å². The van der Waals surface area contributed by atoms with Crippen LogP contribution in [0.15, 0.2) is 57.7 Å². The molecule has 1 aliphatic rings. The zero-order valence-electron chi connectivity index (χ0n) is 19.3. The number of anilines is 1. The summed E-state index contributed by atoms with van der Waals surface area (Å²) in [6, 6.07) is 14.6. The van der Waals surface area contributed by atoms with E-state index in [0.717, 1.165) is 12.0 Å². The van der Waals surface area contributed by atoms with E-state index in [0.29, 0.717) is 28.7 Å². The number of fused-ring (bicyclic) bond motifs is 1. The molecular formula is C26H29NO6. The van der Waals surface area contributed by atoms with Gasteiger partial charge in [-0.3, -0.25) is 4.79 Å². The Bertz CT molecular complexity index is 1200. The summed E-state index contributed by atoms with van der Waals surface area (Å²) in [7, 11) is 1.69. The SMILES string of the molecule is COC1CCC(Oc2ccc3cc(NC(=O)Cc4ccccc4)c(=O)oc3c2C)OC1(C)C. The number of hydrogen-bond donors (Lipinski definition) is 1. The van der Waals surface area contributed by atoms with Crippen LogP contribution in [0.2, 0.25) is 0 Å². The second kappa shape index (κ2) is 9.37. The summed E-state index contributed by atoms with van der Waals surface area (Å²) in [5, 5.41) is 3.35. The highest BCUT2D eigenvalue weighted by molar-refractivity contribution is 5.94. The van der Waals surface area contributed by atoms with Crippen molar-refractivity contribution < 1.29 is 23.4 Å². The summed E-state index contributed by atoms with van der Waals surface area (Å²) < 4.78 is 23.3. The van der Waals surface area contributed by atoms with Crippen molar-refractivity contribution in [2.24, 2.45) is 0 Å². The first-order valence-electron chi connectivity index (χ1n) is 11.1. The molecule has 0 saturated carbocycles. The maximum atomic E-state index is 12.6. The molecular weight excluding hydrogens is 422 g/mol. The largest absolute Gasteiger partial charge is 0.465 e. The van der Waals surface area contributed by atoms with Gasteiger partial charge in [0, 0.05) is 24.5 Å². The summed E-state index contributed by atoms with van der Waals surface area (Å²) in [6.07, 6.45) is 1.26. The molecule has 3 aromatic rings.